The molecule has 1 amide bonds. The number of amides is 1. The molecule has 7 nitrogen and oxygen atoms in total. The van der Waals surface area contributed by atoms with Crippen LogP contribution < -0.4 is 44.5 Å². The fraction of sp³-hybridized carbons (Fsp3) is 0.562. The van der Waals surface area contributed by atoms with E-state index in [1.165, 1.54) is 13.0 Å². The molecule has 0 fully saturated rings. The van der Waals surface area contributed by atoms with E-state index in [4.69, 9.17) is 0 Å². The van der Waals surface area contributed by atoms with Gasteiger partial charge in [0.1, 0.15) is 0 Å². The summed E-state index contributed by atoms with van der Waals surface area (Å²) >= 11 is 0. The molecule has 2 N–H and O–H groups in total. The number of nitrogens with one attached hydrogen (secondary N) is 2. The minimum Gasteiger partial charge on any atom is -0.731 e. The van der Waals surface area contributed by atoms with Crippen molar-refractivity contribution < 1.29 is 47.3 Å². The number of hydrogen-bond donors (Lipinski definition) is 2. The van der Waals surface area contributed by atoms with Crippen molar-refractivity contribution in [3.8, 4) is 0 Å². The van der Waals surface area contributed by atoms with Gasteiger partial charge in [0.2, 0.25) is 5.91 Å². The van der Waals surface area contributed by atoms with Gasteiger partial charge >= 0.3 is 29.6 Å². The minimum absolute atomic E-state index is 0. The van der Waals surface area contributed by atoms with E-state index in [2.05, 4.69) is 24.1 Å². The summed E-state index contributed by atoms with van der Waals surface area (Å²) in [7, 11) is -4.66. The Morgan fingerprint density at radius 2 is 1.68 bits per heavy atom. The van der Waals surface area contributed by atoms with Crippen LogP contribution in [-0.2, 0) is 15.1 Å². The normalized spacial score (nSPS) is 10.7. The monoisotopic (exact) mass is 379 g/mol. The summed E-state index contributed by atoms with van der Waals surface area (Å²) in [4.78, 5) is 13.6. The van der Waals surface area contributed by atoms with Crippen molar-refractivity contribution in [3.63, 3.8) is 0 Å². The van der Waals surface area contributed by atoms with Gasteiger partial charge in [0.15, 0.2) is 10.3 Å². The third kappa shape index (κ3) is 9.46. The standard InChI is InChI=1S/C16H27N3O4S.Na/c1-4-6-10-19(11-7-5-2)14-8-9-15(18-24(21,22)23)16(12-14)17-13(3)20;/h8-9,12,18H,4-7,10-11H2,1-3H3,(H,17,20)(H,21,22,23);/q;+1/p-1. The second-order valence-electron chi connectivity index (χ2n) is 5.66. The van der Waals surface area contributed by atoms with Gasteiger partial charge in [-0.05, 0) is 31.0 Å². The van der Waals surface area contributed by atoms with Crippen LogP contribution in [0.4, 0.5) is 17.1 Å². The van der Waals surface area contributed by atoms with Crippen molar-refractivity contribution in [2.75, 3.05) is 28.0 Å². The largest absolute Gasteiger partial charge is 1.00 e. The Hall–Kier alpha value is -0.800. The topological polar surface area (TPSA) is 102 Å². The zero-order valence-corrected chi connectivity index (χ0v) is 18.3. The van der Waals surface area contributed by atoms with Gasteiger partial charge in [-0.25, -0.2) is 8.42 Å². The zero-order chi connectivity index (χ0) is 18.2. The first kappa shape index (κ1) is 24.2. The van der Waals surface area contributed by atoms with Crippen molar-refractivity contribution in [2.24, 2.45) is 0 Å². The quantitative estimate of drug-likeness (QED) is 0.438. The summed E-state index contributed by atoms with van der Waals surface area (Å²) in [6.07, 6.45) is 4.20. The van der Waals surface area contributed by atoms with Crippen molar-refractivity contribution >= 4 is 33.3 Å². The Labute approximate surface area is 172 Å². The smallest absolute Gasteiger partial charge is 0.731 e. The maximum absolute atomic E-state index is 11.4. The number of carbonyl (C=O) groups is 1. The molecule has 1 aromatic carbocycles. The first-order valence-electron chi connectivity index (χ1n) is 8.17. The summed E-state index contributed by atoms with van der Waals surface area (Å²) in [5, 5.41) is 2.57. The van der Waals surface area contributed by atoms with Crippen LogP contribution in [0.2, 0.25) is 0 Å². The number of carbonyl (C=O) groups excluding carboxylic acids is 1. The van der Waals surface area contributed by atoms with Crippen LogP contribution in [0.25, 0.3) is 0 Å². The van der Waals surface area contributed by atoms with Crippen LogP contribution in [0.15, 0.2) is 18.2 Å². The zero-order valence-electron chi connectivity index (χ0n) is 15.5. The fourth-order valence-corrected chi connectivity index (χ4v) is 2.76. The van der Waals surface area contributed by atoms with Crippen molar-refractivity contribution in [3.05, 3.63) is 18.2 Å². The fourth-order valence-electron chi connectivity index (χ4n) is 2.31. The summed E-state index contributed by atoms with van der Waals surface area (Å²) < 4.78 is 34.7. The summed E-state index contributed by atoms with van der Waals surface area (Å²) in [6, 6.07) is 4.95. The third-order valence-electron chi connectivity index (χ3n) is 3.48. The van der Waals surface area contributed by atoms with Crippen molar-refractivity contribution in [1.82, 2.24) is 0 Å². The predicted molar refractivity (Wildman–Crippen MR) is 96.1 cm³/mol. The minimum atomic E-state index is -4.66. The maximum atomic E-state index is 11.4. The van der Waals surface area contributed by atoms with Gasteiger partial charge in [0, 0.05) is 25.7 Å². The molecule has 0 aliphatic heterocycles. The van der Waals surface area contributed by atoms with Crippen LogP contribution in [0.5, 0.6) is 0 Å². The van der Waals surface area contributed by atoms with Crippen LogP contribution in [0.1, 0.15) is 46.5 Å². The van der Waals surface area contributed by atoms with E-state index in [0.717, 1.165) is 44.5 Å². The number of unbranched alkanes of at least 4 members (excludes halogenated alkanes) is 2. The number of anilines is 3. The van der Waals surface area contributed by atoms with E-state index in [1.807, 2.05) is 4.72 Å². The SMILES string of the molecule is CCCCN(CCCC)c1ccc(NS(=O)(=O)[O-])c(NC(C)=O)c1.[Na+]. The van der Waals surface area contributed by atoms with E-state index >= 15 is 0 Å². The molecule has 136 valence electrons. The number of rotatable bonds is 10. The third-order valence-corrected chi connectivity index (χ3v) is 3.95. The molecule has 1 rings (SSSR count). The second kappa shape index (κ2) is 11.7. The molecular weight excluding hydrogens is 353 g/mol. The average molecular weight is 379 g/mol. The van der Waals surface area contributed by atoms with Gasteiger partial charge in [0.05, 0.1) is 11.4 Å². The Morgan fingerprint density at radius 3 is 2.12 bits per heavy atom. The van der Waals surface area contributed by atoms with Crippen LogP contribution in [-0.4, -0.2) is 32.0 Å². The Kier molecular flexibility index (Phi) is 11.4. The van der Waals surface area contributed by atoms with Gasteiger partial charge in [-0.15, -0.1) is 0 Å². The number of benzene rings is 1. The molecule has 1 aromatic rings. The predicted octanol–water partition coefficient (Wildman–Crippen LogP) is -0.0723. The molecular formula is C16H26N3NaO4S. The van der Waals surface area contributed by atoms with Gasteiger partial charge in [-0.2, -0.15) is 0 Å². The van der Waals surface area contributed by atoms with Gasteiger partial charge in [0.25, 0.3) is 0 Å². The molecule has 0 aliphatic rings. The van der Waals surface area contributed by atoms with Crippen LogP contribution in [0.3, 0.4) is 0 Å². The Bertz CT molecular complexity index is 645. The Balaban J connectivity index is 0.00000576. The Morgan fingerprint density at radius 1 is 1.12 bits per heavy atom. The molecule has 0 unspecified atom stereocenters. The summed E-state index contributed by atoms with van der Waals surface area (Å²) in [5.74, 6) is -0.341. The van der Waals surface area contributed by atoms with Crippen LogP contribution in [0, 0.1) is 0 Å². The average Bonchev–Trinajstić information content (AvgIpc) is 2.47. The van der Waals surface area contributed by atoms with E-state index in [9.17, 15) is 17.8 Å². The maximum Gasteiger partial charge on any atom is 1.00 e. The van der Waals surface area contributed by atoms with E-state index in [1.54, 1.807) is 12.1 Å². The number of hydrogen-bond acceptors (Lipinski definition) is 5. The van der Waals surface area contributed by atoms with Gasteiger partial charge < -0.3 is 14.8 Å². The molecule has 0 bridgehead atoms. The van der Waals surface area contributed by atoms with Crippen LogP contribution >= 0.6 is 0 Å². The summed E-state index contributed by atoms with van der Waals surface area (Å²) in [5.41, 5.74) is 1.22. The first-order valence-corrected chi connectivity index (χ1v) is 9.57. The number of nitrogens with zero attached hydrogens (tertiary/aromatic N) is 1. The molecule has 0 radical (unpaired) electrons. The molecule has 0 spiro atoms. The molecule has 0 saturated heterocycles. The van der Waals surface area contributed by atoms with Gasteiger partial charge in [-0.1, -0.05) is 26.7 Å². The molecule has 25 heavy (non-hydrogen) atoms. The molecule has 0 aromatic heterocycles. The van der Waals surface area contributed by atoms with Crippen molar-refractivity contribution in [2.45, 2.75) is 46.5 Å². The molecule has 0 saturated carbocycles. The first-order chi connectivity index (χ1) is 11.3. The molecule has 0 aliphatic carbocycles. The van der Waals surface area contributed by atoms with Gasteiger partial charge in [-0.3, -0.25) is 9.52 Å². The van der Waals surface area contributed by atoms with Crippen molar-refractivity contribution in [1.29, 1.82) is 0 Å². The molecule has 9 heteroatoms. The van der Waals surface area contributed by atoms with E-state index in [-0.39, 0.29) is 46.8 Å². The molecule has 0 atom stereocenters. The van der Waals surface area contributed by atoms with E-state index in [0.29, 0.717) is 0 Å². The summed E-state index contributed by atoms with van der Waals surface area (Å²) in [6.45, 7) is 7.32. The second-order valence-corrected chi connectivity index (χ2v) is 6.77. The van der Waals surface area contributed by atoms with E-state index < -0.39 is 10.3 Å². The molecule has 0 heterocycles.